The number of piperidine rings is 1. The molecule has 0 saturated carbocycles. The Morgan fingerprint density at radius 3 is 2.54 bits per heavy atom. The van der Waals surface area contributed by atoms with E-state index in [9.17, 15) is 0 Å². The van der Waals surface area contributed by atoms with E-state index in [1.807, 2.05) is 0 Å². The van der Waals surface area contributed by atoms with Crippen molar-refractivity contribution in [3.8, 4) is 0 Å². The standard InChI is InChI=1S/C18H27N5O/c1-14-12-15(23-8-10-24-11-9-23)17-18(19-14)21(2)16(20-17)13-22-6-4-3-5-7-22/h12H,3-11,13H2,1-2H3. The number of morpholine rings is 1. The van der Waals surface area contributed by atoms with Gasteiger partial charge in [0.05, 0.1) is 25.4 Å². The van der Waals surface area contributed by atoms with Gasteiger partial charge in [0.1, 0.15) is 11.3 Å². The van der Waals surface area contributed by atoms with Crippen LogP contribution in [0.25, 0.3) is 11.2 Å². The zero-order chi connectivity index (χ0) is 16.5. The van der Waals surface area contributed by atoms with E-state index in [0.29, 0.717) is 0 Å². The molecule has 6 heteroatoms. The molecule has 4 rings (SSSR count). The summed E-state index contributed by atoms with van der Waals surface area (Å²) in [5.41, 5.74) is 4.30. The largest absolute Gasteiger partial charge is 0.378 e. The Morgan fingerprint density at radius 1 is 1.04 bits per heavy atom. The second-order valence-corrected chi connectivity index (χ2v) is 6.98. The summed E-state index contributed by atoms with van der Waals surface area (Å²) in [4.78, 5) is 14.7. The number of pyridine rings is 1. The Bertz CT molecular complexity index is 714. The van der Waals surface area contributed by atoms with E-state index in [1.54, 1.807) is 0 Å². The van der Waals surface area contributed by atoms with Crippen molar-refractivity contribution in [2.45, 2.75) is 32.7 Å². The fourth-order valence-corrected chi connectivity index (χ4v) is 3.80. The van der Waals surface area contributed by atoms with Crippen LogP contribution in [0.15, 0.2) is 6.07 Å². The van der Waals surface area contributed by atoms with Gasteiger partial charge in [-0.1, -0.05) is 6.42 Å². The van der Waals surface area contributed by atoms with Crippen molar-refractivity contribution in [3.05, 3.63) is 17.6 Å². The van der Waals surface area contributed by atoms with E-state index < -0.39 is 0 Å². The van der Waals surface area contributed by atoms with E-state index in [4.69, 9.17) is 14.7 Å². The molecule has 2 aliphatic heterocycles. The monoisotopic (exact) mass is 329 g/mol. The third-order valence-corrected chi connectivity index (χ3v) is 5.19. The van der Waals surface area contributed by atoms with Gasteiger partial charge in [0.2, 0.25) is 0 Å². The highest BCUT2D eigenvalue weighted by Gasteiger charge is 2.21. The Kier molecular flexibility index (Phi) is 4.41. The number of anilines is 1. The number of likely N-dealkylation sites (tertiary alicyclic amines) is 1. The van der Waals surface area contributed by atoms with Crippen LogP contribution in [0.3, 0.4) is 0 Å². The molecule has 2 fully saturated rings. The van der Waals surface area contributed by atoms with Gasteiger partial charge in [0, 0.05) is 25.8 Å². The highest BCUT2D eigenvalue weighted by atomic mass is 16.5. The maximum atomic E-state index is 5.50. The number of ether oxygens (including phenoxy) is 1. The van der Waals surface area contributed by atoms with Crippen LogP contribution in [0, 0.1) is 6.92 Å². The highest BCUT2D eigenvalue weighted by Crippen LogP contribution is 2.28. The van der Waals surface area contributed by atoms with Crippen molar-refractivity contribution < 1.29 is 4.74 Å². The lowest BCUT2D eigenvalue weighted by Crippen LogP contribution is -2.36. The van der Waals surface area contributed by atoms with Crippen molar-refractivity contribution in [2.24, 2.45) is 7.05 Å². The summed E-state index contributed by atoms with van der Waals surface area (Å²) in [6, 6.07) is 2.17. The molecule has 2 aromatic heterocycles. The molecule has 0 N–H and O–H groups in total. The summed E-state index contributed by atoms with van der Waals surface area (Å²) >= 11 is 0. The normalized spacial score (nSPS) is 20.0. The maximum Gasteiger partial charge on any atom is 0.162 e. The molecule has 130 valence electrons. The number of hydrogen-bond acceptors (Lipinski definition) is 5. The number of fused-ring (bicyclic) bond motifs is 1. The molecule has 4 heterocycles. The highest BCUT2D eigenvalue weighted by molar-refractivity contribution is 5.87. The van der Waals surface area contributed by atoms with Gasteiger partial charge < -0.3 is 14.2 Å². The zero-order valence-electron chi connectivity index (χ0n) is 14.8. The van der Waals surface area contributed by atoms with Crippen LogP contribution >= 0.6 is 0 Å². The van der Waals surface area contributed by atoms with Crippen LogP contribution in [0.5, 0.6) is 0 Å². The zero-order valence-corrected chi connectivity index (χ0v) is 14.8. The summed E-state index contributed by atoms with van der Waals surface area (Å²) in [7, 11) is 2.10. The lowest BCUT2D eigenvalue weighted by atomic mass is 10.1. The van der Waals surface area contributed by atoms with Gasteiger partial charge >= 0.3 is 0 Å². The predicted molar refractivity (Wildman–Crippen MR) is 95.4 cm³/mol. The van der Waals surface area contributed by atoms with Gasteiger partial charge in [0.25, 0.3) is 0 Å². The van der Waals surface area contributed by atoms with E-state index >= 15 is 0 Å². The van der Waals surface area contributed by atoms with Crippen molar-refractivity contribution in [2.75, 3.05) is 44.3 Å². The summed E-state index contributed by atoms with van der Waals surface area (Å²) in [6.45, 7) is 8.80. The summed E-state index contributed by atoms with van der Waals surface area (Å²) in [5, 5.41) is 0. The van der Waals surface area contributed by atoms with Crippen molar-refractivity contribution >= 4 is 16.9 Å². The fraction of sp³-hybridized carbons (Fsp3) is 0.667. The third-order valence-electron chi connectivity index (χ3n) is 5.19. The van der Waals surface area contributed by atoms with E-state index in [0.717, 1.165) is 55.5 Å². The quantitative estimate of drug-likeness (QED) is 0.863. The lowest BCUT2D eigenvalue weighted by molar-refractivity contribution is 0.123. The fourth-order valence-electron chi connectivity index (χ4n) is 3.80. The minimum Gasteiger partial charge on any atom is -0.378 e. The number of imidazole rings is 1. The van der Waals surface area contributed by atoms with E-state index in [2.05, 4.69) is 34.4 Å². The van der Waals surface area contributed by atoms with Gasteiger partial charge in [-0.25, -0.2) is 9.97 Å². The Morgan fingerprint density at radius 2 is 1.79 bits per heavy atom. The average molecular weight is 329 g/mol. The molecule has 2 aromatic rings. The second-order valence-electron chi connectivity index (χ2n) is 6.98. The number of aromatic nitrogens is 3. The maximum absolute atomic E-state index is 5.50. The minimum atomic E-state index is 0.788. The number of aryl methyl sites for hydroxylation is 2. The first-order valence-corrected chi connectivity index (χ1v) is 9.10. The smallest absolute Gasteiger partial charge is 0.162 e. The van der Waals surface area contributed by atoms with Gasteiger partial charge in [0.15, 0.2) is 5.65 Å². The molecule has 0 radical (unpaired) electrons. The summed E-state index contributed by atoms with van der Waals surface area (Å²) in [6.07, 6.45) is 3.97. The van der Waals surface area contributed by atoms with Crippen LogP contribution in [-0.2, 0) is 18.3 Å². The van der Waals surface area contributed by atoms with Crippen LogP contribution in [-0.4, -0.2) is 58.8 Å². The summed E-state index contributed by atoms with van der Waals surface area (Å²) in [5.74, 6) is 1.12. The van der Waals surface area contributed by atoms with Gasteiger partial charge in [-0.2, -0.15) is 0 Å². The molecule has 2 saturated heterocycles. The molecule has 6 nitrogen and oxygen atoms in total. The molecular formula is C18H27N5O. The molecule has 0 atom stereocenters. The number of hydrogen-bond donors (Lipinski definition) is 0. The van der Waals surface area contributed by atoms with Crippen LogP contribution < -0.4 is 4.90 Å². The van der Waals surface area contributed by atoms with Gasteiger partial charge in [-0.15, -0.1) is 0 Å². The van der Waals surface area contributed by atoms with Gasteiger partial charge in [-0.3, -0.25) is 4.90 Å². The molecule has 2 aliphatic rings. The first-order chi connectivity index (χ1) is 11.7. The van der Waals surface area contributed by atoms with Crippen LogP contribution in [0.2, 0.25) is 0 Å². The molecule has 0 amide bonds. The Balaban J connectivity index is 1.70. The lowest BCUT2D eigenvalue weighted by Gasteiger charge is -2.29. The average Bonchev–Trinajstić information content (AvgIpc) is 2.92. The van der Waals surface area contributed by atoms with Gasteiger partial charge in [-0.05, 0) is 38.9 Å². The van der Waals surface area contributed by atoms with E-state index in [1.165, 1.54) is 38.0 Å². The van der Waals surface area contributed by atoms with Crippen molar-refractivity contribution in [1.82, 2.24) is 19.4 Å². The summed E-state index contributed by atoms with van der Waals surface area (Å²) < 4.78 is 7.68. The topological polar surface area (TPSA) is 46.4 Å². The van der Waals surface area contributed by atoms with Crippen LogP contribution in [0.1, 0.15) is 30.8 Å². The first-order valence-electron chi connectivity index (χ1n) is 9.10. The Labute approximate surface area is 143 Å². The number of nitrogens with zero attached hydrogens (tertiary/aromatic N) is 5. The van der Waals surface area contributed by atoms with E-state index in [-0.39, 0.29) is 0 Å². The Hall–Kier alpha value is -1.66. The molecule has 0 aliphatic carbocycles. The molecule has 0 bridgehead atoms. The SMILES string of the molecule is Cc1cc(N2CCOCC2)c2nc(CN3CCCCC3)n(C)c2n1. The predicted octanol–water partition coefficient (Wildman–Crippen LogP) is 2.10. The number of rotatable bonds is 3. The van der Waals surface area contributed by atoms with Crippen molar-refractivity contribution in [1.29, 1.82) is 0 Å². The second kappa shape index (κ2) is 6.69. The van der Waals surface area contributed by atoms with Crippen LogP contribution in [0.4, 0.5) is 5.69 Å². The first kappa shape index (κ1) is 15.8. The third kappa shape index (κ3) is 3.00. The molecule has 0 spiro atoms. The van der Waals surface area contributed by atoms with Crippen molar-refractivity contribution in [3.63, 3.8) is 0 Å². The molecule has 0 aromatic carbocycles. The molecule has 0 unspecified atom stereocenters. The molecular weight excluding hydrogens is 302 g/mol. The molecule has 24 heavy (non-hydrogen) atoms. The minimum absolute atomic E-state index is 0.788.